The minimum Gasteiger partial charge on any atom is -0.497 e. The fourth-order valence-electron chi connectivity index (χ4n) is 2.04. The number of methoxy groups -OCH3 is 2. The van der Waals surface area contributed by atoms with Crippen molar-refractivity contribution in [3.05, 3.63) is 58.1 Å². The number of rotatable bonds is 4. The third-order valence-electron chi connectivity index (χ3n) is 3.14. The fourth-order valence-corrected chi connectivity index (χ4v) is 3.28. The zero-order chi connectivity index (χ0) is 14.7. The molecular weight excluding hydrogens is 340 g/mol. The van der Waals surface area contributed by atoms with E-state index in [9.17, 15) is 0 Å². The molecule has 0 radical (unpaired) electrons. The summed E-state index contributed by atoms with van der Waals surface area (Å²) >= 11 is 10.0. The number of ether oxygens (including phenoxy) is 2. The Morgan fingerprint density at radius 3 is 2.35 bits per heavy atom. The van der Waals surface area contributed by atoms with Gasteiger partial charge < -0.3 is 9.47 Å². The predicted octanol–water partition coefficient (Wildman–Crippen LogP) is 5.15. The number of alkyl halides is 1. The summed E-state index contributed by atoms with van der Waals surface area (Å²) in [5.41, 5.74) is 3.12. The Morgan fingerprint density at radius 1 is 1.00 bits per heavy atom. The van der Waals surface area contributed by atoms with Crippen LogP contribution in [0.4, 0.5) is 0 Å². The van der Waals surface area contributed by atoms with Gasteiger partial charge in [-0.2, -0.15) is 0 Å². The normalized spacial score (nSPS) is 12.1. The van der Waals surface area contributed by atoms with Gasteiger partial charge in [0, 0.05) is 10.6 Å². The molecule has 0 spiro atoms. The Kier molecular flexibility index (Phi) is 4.95. The predicted molar refractivity (Wildman–Crippen MR) is 86.5 cm³/mol. The van der Waals surface area contributed by atoms with Crippen LogP contribution in [0, 0.1) is 6.92 Å². The van der Waals surface area contributed by atoms with Crippen LogP contribution in [-0.2, 0) is 0 Å². The van der Waals surface area contributed by atoms with Crippen LogP contribution in [0.2, 0.25) is 5.02 Å². The van der Waals surface area contributed by atoms with Crippen molar-refractivity contribution in [1.29, 1.82) is 0 Å². The molecule has 0 heterocycles. The number of hydrogen-bond donors (Lipinski definition) is 0. The summed E-state index contributed by atoms with van der Waals surface area (Å²) in [7, 11) is 3.30. The molecule has 2 nitrogen and oxygen atoms in total. The lowest BCUT2D eigenvalue weighted by atomic mass is 10.0. The number of aryl methyl sites for hydroxylation is 1. The van der Waals surface area contributed by atoms with Gasteiger partial charge in [-0.05, 0) is 42.3 Å². The lowest BCUT2D eigenvalue weighted by molar-refractivity contribution is 0.399. The van der Waals surface area contributed by atoms with E-state index in [2.05, 4.69) is 15.9 Å². The van der Waals surface area contributed by atoms with Crippen molar-refractivity contribution in [3.63, 3.8) is 0 Å². The molecule has 0 aromatic heterocycles. The first kappa shape index (κ1) is 15.2. The van der Waals surface area contributed by atoms with Crippen LogP contribution in [-0.4, -0.2) is 14.2 Å². The Labute approximate surface area is 132 Å². The molecule has 4 heteroatoms. The van der Waals surface area contributed by atoms with E-state index < -0.39 is 0 Å². The molecule has 0 amide bonds. The average molecular weight is 356 g/mol. The summed E-state index contributed by atoms with van der Waals surface area (Å²) in [6.45, 7) is 2.02. The van der Waals surface area contributed by atoms with Crippen molar-refractivity contribution in [2.24, 2.45) is 0 Å². The molecule has 2 rings (SSSR count). The highest BCUT2D eigenvalue weighted by molar-refractivity contribution is 9.09. The first-order valence-electron chi connectivity index (χ1n) is 6.19. The van der Waals surface area contributed by atoms with Gasteiger partial charge in [-0.3, -0.25) is 0 Å². The molecule has 0 N–H and O–H groups in total. The molecule has 0 aliphatic rings. The molecule has 1 atom stereocenters. The van der Waals surface area contributed by atoms with Gasteiger partial charge in [0.2, 0.25) is 0 Å². The highest BCUT2D eigenvalue weighted by Crippen LogP contribution is 2.41. The summed E-state index contributed by atoms with van der Waals surface area (Å²) in [6.07, 6.45) is 0. The molecule has 0 fully saturated rings. The topological polar surface area (TPSA) is 18.5 Å². The van der Waals surface area contributed by atoms with E-state index in [-0.39, 0.29) is 4.83 Å². The van der Waals surface area contributed by atoms with E-state index in [1.807, 2.05) is 43.3 Å². The monoisotopic (exact) mass is 354 g/mol. The van der Waals surface area contributed by atoms with Crippen LogP contribution in [0.1, 0.15) is 21.5 Å². The van der Waals surface area contributed by atoms with Gasteiger partial charge in [-0.1, -0.05) is 39.7 Å². The second-order valence-electron chi connectivity index (χ2n) is 4.50. The van der Waals surface area contributed by atoms with Gasteiger partial charge in [0.15, 0.2) is 0 Å². The SMILES string of the molecule is COc1ccc(OC)c(C(Br)c2ccc(C)cc2Cl)c1. The first-order valence-corrected chi connectivity index (χ1v) is 7.48. The summed E-state index contributed by atoms with van der Waals surface area (Å²) in [6, 6.07) is 11.7. The molecule has 0 saturated carbocycles. The Bertz CT molecular complexity index is 613. The molecule has 2 aromatic rings. The van der Waals surface area contributed by atoms with Gasteiger partial charge in [0.1, 0.15) is 11.5 Å². The molecule has 0 aliphatic carbocycles. The number of halogens is 2. The maximum atomic E-state index is 6.34. The maximum Gasteiger partial charge on any atom is 0.123 e. The minimum absolute atomic E-state index is 0.0550. The second kappa shape index (κ2) is 6.51. The molecule has 106 valence electrons. The highest BCUT2D eigenvalue weighted by Gasteiger charge is 2.18. The molecule has 0 saturated heterocycles. The molecule has 20 heavy (non-hydrogen) atoms. The van der Waals surface area contributed by atoms with Crippen molar-refractivity contribution >= 4 is 27.5 Å². The van der Waals surface area contributed by atoms with E-state index in [1.165, 1.54) is 0 Å². The summed E-state index contributed by atoms with van der Waals surface area (Å²) in [5, 5.41) is 0.733. The molecule has 1 unspecified atom stereocenters. The second-order valence-corrected chi connectivity index (χ2v) is 5.82. The zero-order valence-electron chi connectivity index (χ0n) is 11.6. The van der Waals surface area contributed by atoms with Crippen molar-refractivity contribution in [3.8, 4) is 11.5 Å². The largest absolute Gasteiger partial charge is 0.497 e. The third kappa shape index (κ3) is 3.10. The summed E-state index contributed by atoms with van der Waals surface area (Å²) in [5.74, 6) is 1.58. The van der Waals surface area contributed by atoms with Crippen LogP contribution in [0.25, 0.3) is 0 Å². The number of benzene rings is 2. The van der Waals surface area contributed by atoms with E-state index in [0.29, 0.717) is 0 Å². The molecule has 0 aliphatic heterocycles. The first-order chi connectivity index (χ1) is 9.56. The quantitative estimate of drug-likeness (QED) is 0.706. The Hall–Kier alpha value is -1.19. The van der Waals surface area contributed by atoms with E-state index in [1.54, 1.807) is 14.2 Å². The highest BCUT2D eigenvalue weighted by atomic mass is 79.9. The average Bonchev–Trinajstić information content (AvgIpc) is 2.46. The van der Waals surface area contributed by atoms with Crippen LogP contribution in [0.5, 0.6) is 11.5 Å². The van der Waals surface area contributed by atoms with Crippen LogP contribution < -0.4 is 9.47 Å². The van der Waals surface area contributed by atoms with Crippen molar-refractivity contribution in [2.45, 2.75) is 11.8 Å². The van der Waals surface area contributed by atoms with Gasteiger partial charge in [0.05, 0.1) is 19.0 Å². The zero-order valence-corrected chi connectivity index (χ0v) is 14.0. The summed E-state index contributed by atoms with van der Waals surface area (Å²) in [4.78, 5) is -0.0550. The van der Waals surface area contributed by atoms with Crippen molar-refractivity contribution in [1.82, 2.24) is 0 Å². The van der Waals surface area contributed by atoms with Crippen LogP contribution in [0.3, 0.4) is 0 Å². The maximum absolute atomic E-state index is 6.34. The van der Waals surface area contributed by atoms with Crippen molar-refractivity contribution < 1.29 is 9.47 Å². The van der Waals surface area contributed by atoms with Crippen molar-refractivity contribution in [2.75, 3.05) is 14.2 Å². The molecule has 2 aromatic carbocycles. The Balaban J connectivity index is 2.48. The lowest BCUT2D eigenvalue weighted by Crippen LogP contribution is -1.99. The molecular formula is C16H16BrClO2. The lowest BCUT2D eigenvalue weighted by Gasteiger charge is -2.17. The number of hydrogen-bond acceptors (Lipinski definition) is 2. The van der Waals surface area contributed by atoms with E-state index >= 15 is 0 Å². The standard InChI is InChI=1S/C16H16BrClO2/c1-10-4-6-12(14(18)8-10)16(17)13-9-11(19-2)5-7-15(13)20-3/h4-9,16H,1-3H3. The van der Waals surface area contributed by atoms with E-state index in [4.69, 9.17) is 21.1 Å². The van der Waals surface area contributed by atoms with Gasteiger partial charge in [0.25, 0.3) is 0 Å². The van der Waals surface area contributed by atoms with Crippen LogP contribution in [0.15, 0.2) is 36.4 Å². The molecule has 0 bridgehead atoms. The van der Waals surface area contributed by atoms with Gasteiger partial charge in [-0.25, -0.2) is 0 Å². The van der Waals surface area contributed by atoms with Gasteiger partial charge >= 0.3 is 0 Å². The smallest absolute Gasteiger partial charge is 0.123 e. The summed E-state index contributed by atoms with van der Waals surface area (Å²) < 4.78 is 10.7. The third-order valence-corrected chi connectivity index (χ3v) is 4.45. The van der Waals surface area contributed by atoms with Crippen LogP contribution >= 0.6 is 27.5 Å². The van der Waals surface area contributed by atoms with Gasteiger partial charge in [-0.15, -0.1) is 0 Å². The Morgan fingerprint density at radius 2 is 1.75 bits per heavy atom. The van der Waals surface area contributed by atoms with E-state index in [0.717, 1.165) is 33.2 Å². The fraction of sp³-hybridized carbons (Fsp3) is 0.250. The minimum atomic E-state index is -0.0550.